The molecule has 0 aliphatic carbocycles. The summed E-state index contributed by atoms with van der Waals surface area (Å²) in [6.45, 7) is 0. The standard InChI is InChI=1S/C32H27N3O2S/c1-36-27-16-12-24(13-17-27)29-20-31(26-14-18-28(37-2)19-15-26)35(34-29)32-33-30(21-38-32)25-10-8-23(9-11-25)22-6-4-3-5-7-22/h3-19,21,31H,20H2,1-2H3/t31-/m1/s1. The highest BCUT2D eigenvalue weighted by molar-refractivity contribution is 7.14. The Hall–Kier alpha value is -4.42. The first-order valence-corrected chi connectivity index (χ1v) is 13.4. The van der Waals surface area contributed by atoms with Crippen molar-refractivity contribution in [1.29, 1.82) is 0 Å². The van der Waals surface area contributed by atoms with Crippen molar-refractivity contribution >= 4 is 22.2 Å². The van der Waals surface area contributed by atoms with Crippen LogP contribution in [-0.4, -0.2) is 24.9 Å². The van der Waals surface area contributed by atoms with Gasteiger partial charge in [-0.1, -0.05) is 66.7 Å². The van der Waals surface area contributed by atoms with Gasteiger partial charge >= 0.3 is 0 Å². The molecule has 0 N–H and O–H groups in total. The summed E-state index contributed by atoms with van der Waals surface area (Å²) in [6, 6.07) is 35.3. The quantitative estimate of drug-likeness (QED) is 0.221. The Labute approximate surface area is 226 Å². The third-order valence-corrected chi connectivity index (χ3v) is 7.64. The van der Waals surface area contributed by atoms with Crippen LogP contribution in [0.3, 0.4) is 0 Å². The average Bonchev–Trinajstić information content (AvgIpc) is 3.66. The predicted molar refractivity (Wildman–Crippen MR) is 155 cm³/mol. The van der Waals surface area contributed by atoms with Gasteiger partial charge in [-0.05, 0) is 58.7 Å². The monoisotopic (exact) mass is 517 g/mol. The van der Waals surface area contributed by atoms with E-state index in [-0.39, 0.29) is 6.04 Å². The third-order valence-electron chi connectivity index (χ3n) is 6.81. The Morgan fingerprint density at radius 1 is 0.684 bits per heavy atom. The van der Waals surface area contributed by atoms with Crippen LogP contribution in [0.15, 0.2) is 114 Å². The van der Waals surface area contributed by atoms with Crippen molar-refractivity contribution in [3.8, 4) is 33.9 Å². The topological polar surface area (TPSA) is 47.0 Å². The molecule has 2 heterocycles. The fourth-order valence-corrected chi connectivity index (χ4v) is 5.53. The zero-order chi connectivity index (χ0) is 25.9. The summed E-state index contributed by atoms with van der Waals surface area (Å²) in [6.07, 6.45) is 0.777. The maximum absolute atomic E-state index is 5.38. The van der Waals surface area contributed by atoms with Crippen LogP contribution in [0.1, 0.15) is 23.6 Å². The number of anilines is 1. The number of aromatic nitrogens is 1. The van der Waals surface area contributed by atoms with Gasteiger partial charge in [0.25, 0.3) is 0 Å². The summed E-state index contributed by atoms with van der Waals surface area (Å²) in [5.74, 6) is 1.67. The van der Waals surface area contributed by atoms with Crippen LogP contribution in [0.4, 0.5) is 5.13 Å². The fraction of sp³-hybridized carbons (Fsp3) is 0.125. The van der Waals surface area contributed by atoms with E-state index in [1.807, 2.05) is 30.3 Å². The van der Waals surface area contributed by atoms with E-state index >= 15 is 0 Å². The molecule has 0 fully saturated rings. The van der Waals surface area contributed by atoms with E-state index in [1.165, 1.54) is 16.7 Å². The van der Waals surface area contributed by atoms with Gasteiger partial charge in [0, 0.05) is 17.4 Å². The Balaban J connectivity index is 1.32. The minimum Gasteiger partial charge on any atom is -0.497 e. The molecule has 0 amide bonds. The van der Waals surface area contributed by atoms with Crippen LogP contribution in [-0.2, 0) is 0 Å². The first-order chi connectivity index (χ1) is 18.7. The lowest BCUT2D eigenvalue weighted by Crippen LogP contribution is -2.18. The summed E-state index contributed by atoms with van der Waals surface area (Å²) in [7, 11) is 3.37. The van der Waals surface area contributed by atoms with Gasteiger partial charge in [-0.25, -0.2) is 9.99 Å². The van der Waals surface area contributed by atoms with Crippen molar-refractivity contribution in [2.24, 2.45) is 5.10 Å². The van der Waals surface area contributed by atoms with Crippen LogP contribution in [0.25, 0.3) is 22.4 Å². The number of hydrogen-bond donors (Lipinski definition) is 0. The highest BCUT2D eigenvalue weighted by atomic mass is 32.1. The van der Waals surface area contributed by atoms with E-state index in [9.17, 15) is 0 Å². The Kier molecular flexibility index (Phi) is 6.63. The lowest BCUT2D eigenvalue weighted by Gasteiger charge is -2.21. The molecule has 1 aliphatic heterocycles. The van der Waals surface area contributed by atoms with E-state index in [2.05, 4.69) is 83.2 Å². The molecule has 1 aromatic heterocycles. The minimum atomic E-state index is 0.0393. The average molecular weight is 518 g/mol. The van der Waals surface area contributed by atoms with E-state index in [4.69, 9.17) is 19.6 Å². The number of methoxy groups -OCH3 is 2. The van der Waals surface area contributed by atoms with E-state index in [1.54, 1.807) is 25.6 Å². The SMILES string of the molecule is COc1ccc(C2=NN(c3nc(-c4ccc(-c5ccccc5)cc4)cs3)[C@@H](c3ccc(OC)cc3)C2)cc1. The zero-order valence-electron chi connectivity index (χ0n) is 21.2. The van der Waals surface area contributed by atoms with E-state index < -0.39 is 0 Å². The van der Waals surface area contributed by atoms with Gasteiger partial charge in [0.05, 0.1) is 31.7 Å². The first-order valence-electron chi connectivity index (χ1n) is 12.5. The van der Waals surface area contributed by atoms with Gasteiger partial charge in [0.1, 0.15) is 11.5 Å². The molecule has 1 aliphatic rings. The molecule has 0 bridgehead atoms. The second-order valence-corrected chi connectivity index (χ2v) is 9.91. The molecule has 0 spiro atoms. The van der Waals surface area contributed by atoms with E-state index in [0.29, 0.717) is 0 Å². The Morgan fingerprint density at radius 3 is 1.92 bits per heavy atom. The summed E-state index contributed by atoms with van der Waals surface area (Å²) in [4.78, 5) is 5.02. The van der Waals surface area contributed by atoms with Gasteiger partial charge in [-0.3, -0.25) is 0 Å². The zero-order valence-corrected chi connectivity index (χ0v) is 22.1. The van der Waals surface area contributed by atoms with Gasteiger partial charge in [-0.2, -0.15) is 5.10 Å². The number of thiazole rings is 1. The summed E-state index contributed by atoms with van der Waals surface area (Å²) in [5, 5.41) is 10.1. The normalized spacial score (nSPS) is 14.8. The molecular formula is C32H27N3O2S. The maximum Gasteiger partial charge on any atom is 0.207 e. The van der Waals surface area contributed by atoms with Gasteiger partial charge < -0.3 is 9.47 Å². The molecule has 6 heteroatoms. The highest BCUT2D eigenvalue weighted by Crippen LogP contribution is 2.40. The second kappa shape index (κ2) is 10.5. The highest BCUT2D eigenvalue weighted by Gasteiger charge is 2.32. The van der Waals surface area contributed by atoms with Gasteiger partial charge in [0.2, 0.25) is 5.13 Å². The van der Waals surface area contributed by atoms with Crippen LogP contribution in [0.5, 0.6) is 11.5 Å². The maximum atomic E-state index is 5.38. The summed E-state index contributed by atoms with van der Waals surface area (Å²) >= 11 is 1.61. The second-order valence-electron chi connectivity index (χ2n) is 9.07. The first kappa shape index (κ1) is 23.9. The molecule has 38 heavy (non-hydrogen) atoms. The van der Waals surface area contributed by atoms with Crippen molar-refractivity contribution in [3.63, 3.8) is 0 Å². The van der Waals surface area contributed by atoms with Gasteiger partial charge in [0.15, 0.2) is 0 Å². The molecule has 0 saturated carbocycles. The molecule has 0 radical (unpaired) electrons. The van der Waals surface area contributed by atoms with Crippen LogP contribution in [0.2, 0.25) is 0 Å². The van der Waals surface area contributed by atoms with E-state index in [0.717, 1.165) is 45.6 Å². The van der Waals surface area contributed by atoms with Crippen molar-refractivity contribution < 1.29 is 9.47 Å². The molecule has 0 saturated heterocycles. The largest absolute Gasteiger partial charge is 0.497 e. The Bertz CT molecular complexity index is 1540. The molecule has 0 unspecified atom stereocenters. The predicted octanol–water partition coefficient (Wildman–Crippen LogP) is 7.85. The molecule has 5 aromatic rings. The van der Waals surface area contributed by atoms with Crippen LogP contribution in [0, 0.1) is 0 Å². The lowest BCUT2D eigenvalue weighted by molar-refractivity contribution is 0.414. The molecular weight excluding hydrogens is 490 g/mol. The van der Waals surface area contributed by atoms with Crippen molar-refractivity contribution in [2.75, 3.05) is 19.2 Å². The fourth-order valence-electron chi connectivity index (χ4n) is 4.70. The minimum absolute atomic E-state index is 0.0393. The third kappa shape index (κ3) is 4.78. The lowest BCUT2D eigenvalue weighted by atomic mass is 9.98. The summed E-state index contributed by atoms with van der Waals surface area (Å²) < 4.78 is 10.7. The number of hydrazone groups is 1. The van der Waals surface area contributed by atoms with Gasteiger partial charge in [-0.15, -0.1) is 11.3 Å². The molecule has 188 valence electrons. The smallest absolute Gasteiger partial charge is 0.207 e. The number of rotatable bonds is 7. The summed E-state index contributed by atoms with van der Waals surface area (Å²) in [5.41, 5.74) is 7.72. The van der Waals surface area contributed by atoms with Crippen molar-refractivity contribution in [1.82, 2.24) is 4.98 Å². The molecule has 5 nitrogen and oxygen atoms in total. The number of benzene rings is 4. The Morgan fingerprint density at radius 2 is 1.26 bits per heavy atom. The van der Waals surface area contributed by atoms with Crippen LogP contribution < -0.4 is 14.5 Å². The molecule has 1 atom stereocenters. The number of ether oxygens (including phenoxy) is 2. The molecule has 6 rings (SSSR count). The number of nitrogens with zero attached hydrogens (tertiary/aromatic N) is 3. The van der Waals surface area contributed by atoms with Crippen LogP contribution >= 0.6 is 11.3 Å². The van der Waals surface area contributed by atoms with Crippen molar-refractivity contribution in [3.05, 3.63) is 120 Å². The number of hydrogen-bond acceptors (Lipinski definition) is 6. The van der Waals surface area contributed by atoms with Crippen molar-refractivity contribution in [2.45, 2.75) is 12.5 Å². The molecule has 4 aromatic carbocycles.